The fourth-order valence-electron chi connectivity index (χ4n) is 4.03. The highest BCUT2D eigenvalue weighted by Crippen LogP contribution is 2.39. The van der Waals surface area contributed by atoms with E-state index in [2.05, 4.69) is 17.4 Å². The molecule has 1 fully saturated rings. The Hall–Kier alpha value is -2.59. The van der Waals surface area contributed by atoms with E-state index in [9.17, 15) is 9.90 Å². The number of nitrogens with one attached hydrogen (secondary N) is 1. The van der Waals surface area contributed by atoms with E-state index in [4.69, 9.17) is 4.42 Å². The van der Waals surface area contributed by atoms with Crippen LogP contribution in [0.1, 0.15) is 41.6 Å². The lowest BCUT2D eigenvalue weighted by molar-refractivity contribution is 0.0852. The van der Waals surface area contributed by atoms with Gasteiger partial charge >= 0.3 is 0 Å². The van der Waals surface area contributed by atoms with Crippen LogP contribution in [0.5, 0.6) is 0 Å². The maximum Gasteiger partial charge on any atom is 0.255 e. The molecule has 4 heteroatoms. The molecule has 0 saturated heterocycles. The smallest absolute Gasteiger partial charge is 0.255 e. The Morgan fingerprint density at radius 2 is 1.85 bits per heavy atom. The molecule has 26 heavy (non-hydrogen) atoms. The summed E-state index contributed by atoms with van der Waals surface area (Å²) in [6.45, 7) is 0.555. The molecular weight excluding hydrogens is 326 g/mol. The maximum absolute atomic E-state index is 12.8. The SMILES string of the molecule is O=C(NCC1(c2ccccc2)CCC(O)CC1)c1cccc2ccoc12. The van der Waals surface area contributed by atoms with Gasteiger partial charge in [0.05, 0.1) is 17.9 Å². The predicted octanol–water partition coefficient (Wildman–Crippen LogP) is 4.04. The van der Waals surface area contributed by atoms with Gasteiger partial charge in [-0.2, -0.15) is 0 Å². The first-order valence-corrected chi connectivity index (χ1v) is 9.16. The van der Waals surface area contributed by atoms with Crippen molar-refractivity contribution in [3.8, 4) is 0 Å². The van der Waals surface area contributed by atoms with Gasteiger partial charge in [0.2, 0.25) is 0 Å². The molecule has 0 radical (unpaired) electrons. The van der Waals surface area contributed by atoms with Crippen LogP contribution < -0.4 is 5.32 Å². The van der Waals surface area contributed by atoms with Crippen LogP contribution >= 0.6 is 0 Å². The molecule has 2 N–H and O–H groups in total. The summed E-state index contributed by atoms with van der Waals surface area (Å²) in [4.78, 5) is 12.8. The number of carbonyl (C=O) groups is 1. The molecule has 0 atom stereocenters. The van der Waals surface area contributed by atoms with Gasteiger partial charge in [-0.25, -0.2) is 0 Å². The lowest BCUT2D eigenvalue weighted by Crippen LogP contribution is -2.44. The van der Waals surface area contributed by atoms with Crippen LogP contribution in [0.25, 0.3) is 11.0 Å². The van der Waals surface area contributed by atoms with Crippen LogP contribution in [-0.2, 0) is 5.41 Å². The quantitative estimate of drug-likeness (QED) is 0.747. The van der Waals surface area contributed by atoms with E-state index in [1.54, 1.807) is 12.3 Å². The summed E-state index contributed by atoms with van der Waals surface area (Å²) in [5.41, 5.74) is 2.28. The Labute approximate surface area is 152 Å². The number of carbonyl (C=O) groups excluding carboxylic acids is 1. The molecule has 1 amide bonds. The molecule has 2 aromatic carbocycles. The minimum Gasteiger partial charge on any atom is -0.464 e. The molecule has 134 valence electrons. The largest absolute Gasteiger partial charge is 0.464 e. The van der Waals surface area contributed by atoms with Crippen molar-refractivity contribution < 1.29 is 14.3 Å². The van der Waals surface area contributed by atoms with Crippen molar-refractivity contribution in [3.05, 3.63) is 72.0 Å². The summed E-state index contributed by atoms with van der Waals surface area (Å²) < 4.78 is 5.49. The average Bonchev–Trinajstić information content (AvgIpc) is 3.17. The summed E-state index contributed by atoms with van der Waals surface area (Å²) >= 11 is 0. The van der Waals surface area contributed by atoms with Crippen molar-refractivity contribution in [2.75, 3.05) is 6.54 Å². The van der Waals surface area contributed by atoms with Crippen molar-refractivity contribution >= 4 is 16.9 Å². The van der Waals surface area contributed by atoms with E-state index < -0.39 is 0 Å². The fourth-order valence-corrected chi connectivity index (χ4v) is 4.03. The van der Waals surface area contributed by atoms with Gasteiger partial charge in [0.1, 0.15) is 5.58 Å². The number of benzene rings is 2. The van der Waals surface area contributed by atoms with E-state index >= 15 is 0 Å². The molecule has 0 bridgehead atoms. The molecule has 1 saturated carbocycles. The standard InChI is InChI=1S/C22H23NO3/c24-18-9-12-22(13-10-18,17-6-2-1-3-7-17)15-23-21(25)19-8-4-5-16-11-14-26-20(16)19/h1-8,11,14,18,24H,9-10,12-13,15H2,(H,23,25). The summed E-state index contributed by atoms with van der Waals surface area (Å²) in [7, 11) is 0. The zero-order valence-electron chi connectivity index (χ0n) is 14.7. The Bertz CT molecular complexity index is 892. The van der Waals surface area contributed by atoms with Crippen LogP contribution in [0.15, 0.2) is 65.3 Å². The third kappa shape index (κ3) is 3.13. The summed E-state index contributed by atoms with van der Waals surface area (Å²) in [5.74, 6) is -0.119. The van der Waals surface area contributed by atoms with Gasteiger partial charge in [-0.05, 0) is 43.4 Å². The summed E-state index contributed by atoms with van der Waals surface area (Å²) in [5, 5.41) is 14.0. The highest BCUT2D eigenvalue weighted by Gasteiger charge is 2.36. The molecule has 1 aliphatic carbocycles. The Kier molecular flexibility index (Phi) is 4.51. The number of furan rings is 1. The number of amides is 1. The first-order chi connectivity index (χ1) is 12.7. The molecule has 1 aromatic heterocycles. The zero-order valence-corrected chi connectivity index (χ0v) is 14.7. The average molecular weight is 349 g/mol. The van der Waals surface area contributed by atoms with Crippen molar-refractivity contribution in [3.63, 3.8) is 0 Å². The molecule has 1 heterocycles. The lowest BCUT2D eigenvalue weighted by atomic mass is 9.68. The Morgan fingerprint density at radius 3 is 2.62 bits per heavy atom. The molecule has 4 rings (SSSR count). The molecule has 3 aromatic rings. The number of para-hydroxylation sites is 1. The van der Waals surface area contributed by atoms with Gasteiger partial charge in [-0.15, -0.1) is 0 Å². The van der Waals surface area contributed by atoms with Crippen molar-refractivity contribution in [1.82, 2.24) is 5.32 Å². The van der Waals surface area contributed by atoms with Crippen molar-refractivity contribution in [2.24, 2.45) is 0 Å². The number of aliphatic hydroxyl groups excluding tert-OH is 1. The van der Waals surface area contributed by atoms with E-state index in [-0.39, 0.29) is 17.4 Å². The minimum atomic E-state index is -0.237. The second-order valence-electron chi connectivity index (χ2n) is 7.20. The first kappa shape index (κ1) is 16.9. The Morgan fingerprint density at radius 1 is 1.08 bits per heavy atom. The van der Waals surface area contributed by atoms with Crippen LogP contribution in [-0.4, -0.2) is 23.7 Å². The number of fused-ring (bicyclic) bond motifs is 1. The molecule has 0 spiro atoms. The molecule has 0 aliphatic heterocycles. The third-order valence-corrected chi connectivity index (χ3v) is 5.61. The minimum absolute atomic E-state index is 0.119. The fraction of sp³-hybridized carbons (Fsp3) is 0.318. The second-order valence-corrected chi connectivity index (χ2v) is 7.20. The number of rotatable bonds is 4. The van der Waals surface area contributed by atoms with Gasteiger partial charge in [0.25, 0.3) is 5.91 Å². The summed E-state index contributed by atoms with van der Waals surface area (Å²) in [6.07, 6.45) is 4.62. The molecular formula is C22H23NO3. The highest BCUT2D eigenvalue weighted by molar-refractivity contribution is 6.04. The molecule has 0 unspecified atom stereocenters. The lowest BCUT2D eigenvalue weighted by Gasteiger charge is -2.39. The second kappa shape index (κ2) is 6.96. The zero-order chi connectivity index (χ0) is 18.0. The number of hydrogen-bond donors (Lipinski definition) is 2. The van der Waals surface area contributed by atoms with Crippen molar-refractivity contribution in [1.29, 1.82) is 0 Å². The van der Waals surface area contributed by atoms with Crippen LogP contribution in [0, 0.1) is 0 Å². The highest BCUT2D eigenvalue weighted by atomic mass is 16.3. The third-order valence-electron chi connectivity index (χ3n) is 5.61. The Balaban J connectivity index is 1.57. The van der Waals surface area contributed by atoms with Crippen LogP contribution in [0.4, 0.5) is 0 Å². The van der Waals surface area contributed by atoms with Gasteiger partial charge in [0, 0.05) is 17.3 Å². The topological polar surface area (TPSA) is 62.5 Å². The molecule has 1 aliphatic rings. The monoisotopic (exact) mass is 349 g/mol. The predicted molar refractivity (Wildman–Crippen MR) is 101 cm³/mol. The maximum atomic E-state index is 12.8. The normalized spacial score (nSPS) is 23.0. The van der Waals surface area contributed by atoms with Gasteiger partial charge in [-0.1, -0.05) is 42.5 Å². The van der Waals surface area contributed by atoms with Gasteiger partial charge < -0.3 is 14.8 Å². The van der Waals surface area contributed by atoms with Crippen LogP contribution in [0.3, 0.4) is 0 Å². The molecule has 4 nitrogen and oxygen atoms in total. The number of aliphatic hydroxyl groups is 1. The van der Waals surface area contributed by atoms with Gasteiger partial charge in [-0.3, -0.25) is 4.79 Å². The van der Waals surface area contributed by atoms with E-state index in [1.807, 2.05) is 36.4 Å². The number of hydrogen-bond acceptors (Lipinski definition) is 3. The van der Waals surface area contributed by atoms with Crippen molar-refractivity contribution in [2.45, 2.75) is 37.2 Å². The first-order valence-electron chi connectivity index (χ1n) is 9.16. The van der Waals surface area contributed by atoms with E-state index in [0.717, 1.165) is 31.1 Å². The van der Waals surface area contributed by atoms with E-state index in [0.29, 0.717) is 17.7 Å². The van der Waals surface area contributed by atoms with Gasteiger partial charge in [0.15, 0.2) is 0 Å². The van der Waals surface area contributed by atoms with E-state index in [1.165, 1.54) is 5.56 Å². The summed E-state index contributed by atoms with van der Waals surface area (Å²) in [6, 6.07) is 17.8. The van der Waals surface area contributed by atoms with Crippen LogP contribution in [0.2, 0.25) is 0 Å².